The van der Waals surface area contributed by atoms with Crippen molar-refractivity contribution in [3.63, 3.8) is 0 Å². The van der Waals surface area contributed by atoms with E-state index in [1.54, 1.807) is 0 Å². The summed E-state index contributed by atoms with van der Waals surface area (Å²) in [5.74, 6) is -5.12. The topological polar surface area (TPSA) is 37.3 Å². The van der Waals surface area contributed by atoms with Crippen LogP contribution < -0.4 is 0 Å². The van der Waals surface area contributed by atoms with Crippen molar-refractivity contribution in [1.29, 1.82) is 0 Å². The summed E-state index contributed by atoms with van der Waals surface area (Å²) in [4.78, 5) is 10.7. The minimum atomic E-state index is -2.94. The summed E-state index contributed by atoms with van der Waals surface area (Å²) in [5, 5.41) is 8.69. The number of fused-ring (bicyclic) bond motifs is 1. The first-order valence-electron chi connectivity index (χ1n) is 4.14. The first-order chi connectivity index (χ1) is 5.53. The van der Waals surface area contributed by atoms with E-state index in [-0.39, 0.29) is 6.42 Å². The number of carboxylic acids is 1. The van der Waals surface area contributed by atoms with Gasteiger partial charge in [-0.25, -0.2) is 8.78 Å². The van der Waals surface area contributed by atoms with Crippen LogP contribution in [0.4, 0.5) is 8.78 Å². The molecule has 2 unspecified atom stereocenters. The van der Waals surface area contributed by atoms with Crippen LogP contribution in [0.1, 0.15) is 25.7 Å². The molecule has 0 bridgehead atoms. The molecule has 2 aliphatic rings. The molecule has 0 saturated heterocycles. The highest BCUT2D eigenvalue weighted by molar-refractivity contribution is 5.81. The second-order valence-electron chi connectivity index (χ2n) is 3.70. The molecule has 0 aromatic heterocycles. The molecular weight excluding hydrogens is 166 g/mol. The number of hydrogen-bond donors (Lipinski definition) is 1. The molecule has 2 saturated carbocycles. The molecule has 0 aliphatic heterocycles. The average Bonchev–Trinajstić information content (AvgIpc) is 2.52. The third-order valence-electron chi connectivity index (χ3n) is 3.24. The summed E-state index contributed by atoms with van der Waals surface area (Å²) < 4.78 is 26.1. The van der Waals surface area contributed by atoms with E-state index in [2.05, 4.69) is 0 Å². The summed E-state index contributed by atoms with van der Waals surface area (Å²) >= 11 is 0. The van der Waals surface area contributed by atoms with Crippen molar-refractivity contribution < 1.29 is 18.7 Å². The van der Waals surface area contributed by atoms with Gasteiger partial charge in [0.05, 0.1) is 0 Å². The van der Waals surface area contributed by atoms with E-state index in [1.807, 2.05) is 0 Å². The number of carbonyl (C=O) groups is 1. The van der Waals surface area contributed by atoms with Gasteiger partial charge in [-0.1, -0.05) is 12.8 Å². The van der Waals surface area contributed by atoms with Gasteiger partial charge in [-0.2, -0.15) is 0 Å². The Balaban J connectivity index is 2.30. The Morgan fingerprint density at radius 3 is 2.50 bits per heavy atom. The van der Waals surface area contributed by atoms with Gasteiger partial charge >= 0.3 is 5.97 Å². The van der Waals surface area contributed by atoms with Gasteiger partial charge in [-0.15, -0.1) is 0 Å². The molecular formula is C8H10F2O2. The molecule has 0 spiro atoms. The fourth-order valence-electron chi connectivity index (χ4n) is 2.45. The molecule has 0 aromatic carbocycles. The highest BCUT2D eigenvalue weighted by Gasteiger charge is 2.84. The Morgan fingerprint density at radius 2 is 2.08 bits per heavy atom. The Kier molecular flexibility index (Phi) is 1.31. The number of carboxylic acid groups (broad SMARTS) is 1. The second kappa shape index (κ2) is 1.98. The van der Waals surface area contributed by atoms with E-state index in [9.17, 15) is 13.6 Å². The molecule has 12 heavy (non-hydrogen) atoms. The highest BCUT2D eigenvalue weighted by Crippen LogP contribution is 2.72. The van der Waals surface area contributed by atoms with E-state index < -0.39 is 23.2 Å². The summed E-state index contributed by atoms with van der Waals surface area (Å²) in [7, 11) is 0. The van der Waals surface area contributed by atoms with Gasteiger partial charge in [0.1, 0.15) is 5.41 Å². The Labute approximate surface area is 68.6 Å². The van der Waals surface area contributed by atoms with Crippen LogP contribution >= 0.6 is 0 Å². The van der Waals surface area contributed by atoms with Crippen LogP contribution in [0.3, 0.4) is 0 Å². The van der Waals surface area contributed by atoms with E-state index in [0.29, 0.717) is 12.8 Å². The minimum absolute atomic E-state index is 0.153. The van der Waals surface area contributed by atoms with Crippen LogP contribution in [0, 0.1) is 11.3 Å². The molecule has 2 nitrogen and oxygen atoms in total. The first kappa shape index (κ1) is 7.95. The van der Waals surface area contributed by atoms with Crippen molar-refractivity contribution >= 4 is 5.97 Å². The maximum atomic E-state index is 13.0. The summed E-state index contributed by atoms with van der Waals surface area (Å²) in [6.07, 6.45) is 1.90. The lowest BCUT2D eigenvalue weighted by atomic mass is 9.88. The van der Waals surface area contributed by atoms with Gasteiger partial charge in [0.15, 0.2) is 0 Å². The highest BCUT2D eigenvalue weighted by atomic mass is 19.3. The molecule has 2 aliphatic carbocycles. The molecule has 4 heteroatoms. The fraction of sp³-hybridized carbons (Fsp3) is 0.875. The van der Waals surface area contributed by atoms with Gasteiger partial charge in [0.25, 0.3) is 5.92 Å². The van der Waals surface area contributed by atoms with E-state index in [1.165, 1.54) is 0 Å². The lowest BCUT2D eigenvalue weighted by Crippen LogP contribution is -2.24. The molecule has 2 fully saturated rings. The summed E-state index contributed by atoms with van der Waals surface area (Å²) in [5.41, 5.74) is -1.68. The monoisotopic (exact) mass is 176 g/mol. The van der Waals surface area contributed by atoms with Crippen LogP contribution in [0.5, 0.6) is 0 Å². The molecule has 2 rings (SSSR count). The second-order valence-corrected chi connectivity index (χ2v) is 3.70. The lowest BCUT2D eigenvalue weighted by molar-refractivity contribution is -0.148. The lowest BCUT2D eigenvalue weighted by Gasteiger charge is -2.14. The van der Waals surface area contributed by atoms with Gasteiger partial charge in [-0.3, -0.25) is 4.79 Å². The van der Waals surface area contributed by atoms with Crippen LogP contribution in [0.25, 0.3) is 0 Å². The Bertz CT molecular complexity index is 239. The predicted molar refractivity (Wildman–Crippen MR) is 37.0 cm³/mol. The third kappa shape index (κ3) is 0.619. The van der Waals surface area contributed by atoms with Crippen molar-refractivity contribution in [2.24, 2.45) is 11.3 Å². The molecule has 0 radical (unpaired) electrons. The van der Waals surface area contributed by atoms with Crippen molar-refractivity contribution in [3.05, 3.63) is 0 Å². The fourth-order valence-corrected chi connectivity index (χ4v) is 2.45. The number of rotatable bonds is 1. The smallest absolute Gasteiger partial charge is 0.316 e. The minimum Gasteiger partial charge on any atom is -0.481 e. The summed E-state index contributed by atoms with van der Waals surface area (Å²) in [6.45, 7) is 0. The van der Waals surface area contributed by atoms with Crippen LogP contribution in [-0.2, 0) is 4.79 Å². The standard InChI is InChI=1S/C8H10F2O2/c9-8(10)5-3-1-2-4-7(5,8)6(11)12/h5H,1-4H2,(H,11,12). The normalized spacial score (nSPS) is 43.3. The molecule has 1 N–H and O–H groups in total. The number of alkyl halides is 2. The zero-order chi connectivity index (χ0) is 8.98. The largest absolute Gasteiger partial charge is 0.481 e. The van der Waals surface area contributed by atoms with Crippen molar-refractivity contribution in [2.75, 3.05) is 0 Å². The van der Waals surface area contributed by atoms with Crippen molar-refractivity contribution in [3.8, 4) is 0 Å². The van der Waals surface area contributed by atoms with Crippen molar-refractivity contribution in [2.45, 2.75) is 31.6 Å². The van der Waals surface area contributed by atoms with Crippen LogP contribution in [0.2, 0.25) is 0 Å². The van der Waals surface area contributed by atoms with E-state index >= 15 is 0 Å². The van der Waals surface area contributed by atoms with Gasteiger partial charge in [0.2, 0.25) is 0 Å². The SMILES string of the molecule is O=C(O)C12CCCCC1C2(F)F. The van der Waals surface area contributed by atoms with E-state index in [0.717, 1.165) is 6.42 Å². The van der Waals surface area contributed by atoms with E-state index in [4.69, 9.17) is 5.11 Å². The Morgan fingerprint density at radius 1 is 1.42 bits per heavy atom. The molecule has 68 valence electrons. The zero-order valence-electron chi connectivity index (χ0n) is 6.52. The van der Waals surface area contributed by atoms with Crippen molar-refractivity contribution in [1.82, 2.24) is 0 Å². The number of hydrogen-bond acceptors (Lipinski definition) is 1. The van der Waals surface area contributed by atoms with Gasteiger partial charge < -0.3 is 5.11 Å². The van der Waals surface area contributed by atoms with Crippen LogP contribution in [-0.4, -0.2) is 17.0 Å². The molecule has 2 atom stereocenters. The maximum Gasteiger partial charge on any atom is 0.316 e. The number of halogens is 2. The molecule has 0 heterocycles. The predicted octanol–water partition coefficient (Wildman–Crippen LogP) is 1.90. The average molecular weight is 176 g/mol. The zero-order valence-corrected chi connectivity index (χ0v) is 6.52. The Hall–Kier alpha value is -0.670. The quantitative estimate of drug-likeness (QED) is 0.662. The molecule has 0 amide bonds. The summed E-state index contributed by atoms with van der Waals surface area (Å²) in [6, 6.07) is 0. The molecule has 0 aromatic rings. The number of aliphatic carboxylic acids is 1. The van der Waals surface area contributed by atoms with Gasteiger partial charge in [0, 0.05) is 5.92 Å². The van der Waals surface area contributed by atoms with Gasteiger partial charge in [-0.05, 0) is 12.8 Å². The third-order valence-corrected chi connectivity index (χ3v) is 3.24. The first-order valence-corrected chi connectivity index (χ1v) is 4.14. The maximum absolute atomic E-state index is 13.0. The van der Waals surface area contributed by atoms with Crippen LogP contribution in [0.15, 0.2) is 0 Å².